The lowest BCUT2D eigenvalue weighted by Gasteiger charge is -2.36. The van der Waals surface area contributed by atoms with Crippen LogP contribution in [0.15, 0.2) is 24.3 Å². The Balaban J connectivity index is 2.11. The van der Waals surface area contributed by atoms with E-state index in [1.807, 2.05) is 20.8 Å². The lowest BCUT2D eigenvalue weighted by Crippen LogP contribution is -2.59. The molecule has 5 N–H and O–H groups in total. The Morgan fingerprint density at radius 3 is 2.40 bits per heavy atom. The second kappa shape index (κ2) is 8.18. The molecule has 0 aliphatic carbocycles. The molecule has 5 atom stereocenters. The van der Waals surface area contributed by atoms with Crippen LogP contribution in [0.2, 0.25) is 0 Å². The average Bonchev–Trinajstić information content (AvgIpc) is 3.21. The van der Waals surface area contributed by atoms with Gasteiger partial charge in [-0.1, -0.05) is 57.9 Å². The minimum Gasteiger partial charge on any atom is -0.480 e. The molecule has 2 heterocycles. The van der Waals surface area contributed by atoms with Gasteiger partial charge in [-0.15, -0.1) is 0 Å². The van der Waals surface area contributed by atoms with Crippen LogP contribution in [0.25, 0.3) is 0 Å². The molecule has 2 saturated heterocycles. The van der Waals surface area contributed by atoms with Gasteiger partial charge in [0, 0.05) is 18.2 Å². The van der Waals surface area contributed by atoms with Crippen LogP contribution in [-0.4, -0.2) is 45.7 Å². The van der Waals surface area contributed by atoms with Gasteiger partial charge in [0.25, 0.3) is 0 Å². The van der Waals surface area contributed by atoms with Gasteiger partial charge in [-0.2, -0.15) is 0 Å². The third kappa shape index (κ3) is 3.19. The third-order valence-electron chi connectivity index (χ3n) is 6.75. The SMILES string of the molecule is CCCCN1C(=O)C2C(c3ccc(C(=N)N)cc3)NC(C(=O)O)(C(C)CC)C2C1=O. The molecule has 8 heteroatoms. The van der Waals surface area contributed by atoms with Gasteiger partial charge < -0.3 is 10.8 Å². The number of carbonyl (C=O) groups is 3. The summed E-state index contributed by atoms with van der Waals surface area (Å²) in [6.07, 6.45) is 2.07. The van der Waals surface area contributed by atoms with Crippen molar-refractivity contribution in [3.8, 4) is 0 Å². The number of hydrogen-bond donors (Lipinski definition) is 4. The molecule has 0 saturated carbocycles. The van der Waals surface area contributed by atoms with E-state index in [1.54, 1.807) is 24.3 Å². The number of rotatable bonds is 8. The maximum Gasteiger partial charge on any atom is 0.325 e. The van der Waals surface area contributed by atoms with E-state index in [-0.39, 0.29) is 17.7 Å². The molecule has 2 fully saturated rings. The molecule has 5 unspecified atom stereocenters. The number of carboxylic acids is 1. The van der Waals surface area contributed by atoms with Gasteiger partial charge in [-0.05, 0) is 17.9 Å². The number of benzene rings is 1. The van der Waals surface area contributed by atoms with E-state index in [0.717, 1.165) is 6.42 Å². The number of unbranched alkanes of at least 4 members (excludes halogenated alkanes) is 1. The number of nitrogens with zero attached hydrogens (tertiary/aromatic N) is 1. The summed E-state index contributed by atoms with van der Waals surface area (Å²) in [6, 6.07) is 6.23. The molecule has 2 aliphatic rings. The second-order valence-corrected chi connectivity index (χ2v) is 8.33. The fourth-order valence-electron chi connectivity index (χ4n) is 4.88. The molecule has 2 aliphatic heterocycles. The van der Waals surface area contributed by atoms with Crippen molar-refractivity contribution < 1.29 is 19.5 Å². The Kier molecular flexibility index (Phi) is 5.99. The van der Waals surface area contributed by atoms with E-state index in [4.69, 9.17) is 11.1 Å². The number of nitrogens with one attached hydrogen (secondary N) is 2. The first-order valence-electron chi connectivity index (χ1n) is 10.5. The van der Waals surface area contributed by atoms with Crippen LogP contribution >= 0.6 is 0 Å². The van der Waals surface area contributed by atoms with Gasteiger partial charge in [0.1, 0.15) is 11.4 Å². The largest absolute Gasteiger partial charge is 0.480 e. The summed E-state index contributed by atoms with van der Waals surface area (Å²) in [6.45, 7) is 5.99. The molecular weight excluding hydrogens is 384 g/mol. The summed E-state index contributed by atoms with van der Waals surface area (Å²) in [7, 11) is 0. The third-order valence-corrected chi connectivity index (χ3v) is 6.75. The predicted octanol–water partition coefficient (Wildman–Crippen LogP) is 1.89. The molecule has 0 bridgehead atoms. The molecule has 3 rings (SSSR count). The lowest BCUT2D eigenvalue weighted by molar-refractivity contribution is -0.154. The molecule has 8 nitrogen and oxygen atoms in total. The normalized spacial score (nSPS) is 29.2. The number of fused-ring (bicyclic) bond motifs is 1. The lowest BCUT2D eigenvalue weighted by atomic mass is 9.72. The van der Waals surface area contributed by atoms with Crippen molar-refractivity contribution >= 4 is 23.6 Å². The van der Waals surface area contributed by atoms with Gasteiger partial charge in [0.05, 0.1) is 11.8 Å². The summed E-state index contributed by atoms with van der Waals surface area (Å²) in [5.74, 6) is -3.96. The number of nitrogens with two attached hydrogens (primary N) is 1. The Bertz CT molecular complexity index is 868. The van der Waals surface area contributed by atoms with Crippen LogP contribution in [0.1, 0.15) is 57.2 Å². The van der Waals surface area contributed by atoms with Crippen LogP contribution in [0, 0.1) is 23.2 Å². The predicted molar refractivity (Wildman–Crippen MR) is 112 cm³/mol. The van der Waals surface area contributed by atoms with Gasteiger partial charge in [0.2, 0.25) is 11.8 Å². The van der Waals surface area contributed by atoms with E-state index < -0.39 is 35.3 Å². The molecule has 162 valence electrons. The number of likely N-dealkylation sites (tertiary alicyclic amines) is 1. The first kappa shape index (κ1) is 22.0. The Morgan fingerprint density at radius 1 is 1.27 bits per heavy atom. The minimum absolute atomic E-state index is 0.0730. The number of amidine groups is 1. The average molecular weight is 415 g/mol. The fraction of sp³-hybridized carbons (Fsp3) is 0.545. The van der Waals surface area contributed by atoms with E-state index in [0.29, 0.717) is 30.5 Å². The zero-order chi connectivity index (χ0) is 22.2. The summed E-state index contributed by atoms with van der Waals surface area (Å²) < 4.78 is 0. The fourth-order valence-corrected chi connectivity index (χ4v) is 4.88. The Morgan fingerprint density at radius 2 is 1.90 bits per heavy atom. The van der Waals surface area contributed by atoms with Crippen molar-refractivity contribution in [1.29, 1.82) is 5.41 Å². The molecule has 30 heavy (non-hydrogen) atoms. The topological polar surface area (TPSA) is 137 Å². The van der Waals surface area contributed by atoms with E-state index in [9.17, 15) is 19.5 Å². The minimum atomic E-state index is -1.52. The van der Waals surface area contributed by atoms with Crippen LogP contribution in [0.5, 0.6) is 0 Å². The molecule has 1 aromatic rings. The summed E-state index contributed by atoms with van der Waals surface area (Å²) >= 11 is 0. The number of amides is 2. The van der Waals surface area contributed by atoms with Crippen LogP contribution in [0.4, 0.5) is 0 Å². The van der Waals surface area contributed by atoms with Gasteiger partial charge >= 0.3 is 5.97 Å². The molecule has 2 amide bonds. The molecule has 0 radical (unpaired) electrons. The summed E-state index contributed by atoms with van der Waals surface area (Å²) in [4.78, 5) is 40.5. The number of carbonyl (C=O) groups excluding carboxylic acids is 2. The monoisotopic (exact) mass is 414 g/mol. The number of nitrogen functional groups attached to an aromatic ring is 1. The molecule has 0 aromatic heterocycles. The first-order valence-corrected chi connectivity index (χ1v) is 10.5. The molecule has 0 spiro atoms. The second-order valence-electron chi connectivity index (χ2n) is 8.33. The van der Waals surface area contributed by atoms with Gasteiger partial charge in [-0.25, -0.2) is 0 Å². The Labute approximate surface area is 176 Å². The summed E-state index contributed by atoms with van der Waals surface area (Å²) in [5, 5.41) is 21.0. The van der Waals surface area contributed by atoms with Crippen molar-refractivity contribution in [3.63, 3.8) is 0 Å². The van der Waals surface area contributed by atoms with E-state index in [2.05, 4.69) is 5.32 Å². The van der Waals surface area contributed by atoms with Crippen molar-refractivity contribution in [2.45, 2.75) is 51.6 Å². The zero-order valence-electron chi connectivity index (χ0n) is 17.6. The highest BCUT2D eigenvalue weighted by molar-refractivity contribution is 6.09. The molecule has 1 aromatic carbocycles. The van der Waals surface area contributed by atoms with Gasteiger partial charge in [0.15, 0.2) is 0 Å². The number of carboxylic acid groups (broad SMARTS) is 1. The number of aliphatic carboxylic acids is 1. The maximum absolute atomic E-state index is 13.3. The van der Waals surface area contributed by atoms with Gasteiger partial charge in [-0.3, -0.25) is 30.0 Å². The van der Waals surface area contributed by atoms with Crippen LogP contribution < -0.4 is 11.1 Å². The first-order chi connectivity index (χ1) is 14.2. The van der Waals surface area contributed by atoms with E-state index >= 15 is 0 Å². The van der Waals surface area contributed by atoms with E-state index in [1.165, 1.54) is 4.90 Å². The maximum atomic E-state index is 13.3. The highest BCUT2D eigenvalue weighted by Crippen LogP contribution is 2.52. The Hall–Kier alpha value is -2.74. The standard InChI is InChI=1S/C22H30N4O4/c1-4-6-11-26-19(27)15-16(20(26)28)22(21(29)30,12(3)5-2)25-17(15)13-7-9-14(10-8-13)18(23)24/h7-10,12,15-17,25H,4-6,11H2,1-3H3,(H3,23,24)(H,29,30). The highest BCUT2D eigenvalue weighted by Gasteiger charge is 2.69. The number of imide groups is 1. The number of hydrogen-bond acceptors (Lipinski definition) is 5. The zero-order valence-corrected chi connectivity index (χ0v) is 17.6. The summed E-state index contributed by atoms with van der Waals surface area (Å²) in [5.41, 5.74) is 5.26. The quantitative estimate of drug-likeness (QED) is 0.291. The van der Waals surface area contributed by atoms with Crippen molar-refractivity contribution in [2.24, 2.45) is 23.5 Å². The highest BCUT2D eigenvalue weighted by atomic mass is 16.4. The van der Waals surface area contributed by atoms with Crippen molar-refractivity contribution in [2.75, 3.05) is 6.54 Å². The van der Waals surface area contributed by atoms with Crippen LogP contribution in [0.3, 0.4) is 0 Å². The van der Waals surface area contributed by atoms with Crippen LogP contribution in [-0.2, 0) is 14.4 Å². The van der Waals surface area contributed by atoms with Crippen molar-refractivity contribution in [3.05, 3.63) is 35.4 Å². The van der Waals surface area contributed by atoms with Crippen molar-refractivity contribution in [1.82, 2.24) is 10.2 Å². The molecular formula is C22H30N4O4. The smallest absolute Gasteiger partial charge is 0.325 e.